The Labute approximate surface area is 121 Å². The lowest BCUT2D eigenvalue weighted by Crippen LogP contribution is -2.23. The standard InChI is InChI=1S/C15H15N5O/c1-20-14(16)12(9-19-20)8-18-15(21)11-4-5-13-10(7-11)3-2-6-17-13/h2-7,9H,8,16H2,1H3,(H,18,21). The van der Waals surface area contributed by atoms with Gasteiger partial charge in [-0.2, -0.15) is 5.10 Å². The molecule has 2 heterocycles. The van der Waals surface area contributed by atoms with Crippen LogP contribution in [0.5, 0.6) is 0 Å². The second-order valence-electron chi connectivity index (χ2n) is 4.77. The Balaban J connectivity index is 1.76. The molecule has 0 aliphatic rings. The van der Waals surface area contributed by atoms with Gasteiger partial charge in [-0.25, -0.2) is 0 Å². The van der Waals surface area contributed by atoms with Crippen molar-refractivity contribution in [3.63, 3.8) is 0 Å². The maximum atomic E-state index is 12.2. The van der Waals surface area contributed by atoms with E-state index in [0.717, 1.165) is 16.5 Å². The zero-order chi connectivity index (χ0) is 14.8. The largest absolute Gasteiger partial charge is 0.384 e. The quantitative estimate of drug-likeness (QED) is 0.761. The van der Waals surface area contributed by atoms with Gasteiger partial charge in [-0.1, -0.05) is 6.07 Å². The average molecular weight is 281 g/mol. The second-order valence-corrected chi connectivity index (χ2v) is 4.77. The van der Waals surface area contributed by atoms with E-state index >= 15 is 0 Å². The summed E-state index contributed by atoms with van der Waals surface area (Å²) >= 11 is 0. The van der Waals surface area contributed by atoms with E-state index in [1.54, 1.807) is 30.2 Å². The predicted molar refractivity (Wildman–Crippen MR) is 80.5 cm³/mol. The van der Waals surface area contributed by atoms with Gasteiger partial charge in [0.1, 0.15) is 5.82 Å². The normalized spacial score (nSPS) is 10.7. The number of aromatic nitrogens is 3. The van der Waals surface area contributed by atoms with E-state index in [0.29, 0.717) is 17.9 Å². The van der Waals surface area contributed by atoms with Crippen LogP contribution in [-0.2, 0) is 13.6 Å². The fourth-order valence-electron chi connectivity index (χ4n) is 2.12. The molecule has 0 saturated heterocycles. The van der Waals surface area contributed by atoms with E-state index in [-0.39, 0.29) is 5.91 Å². The van der Waals surface area contributed by atoms with Crippen molar-refractivity contribution in [2.45, 2.75) is 6.54 Å². The van der Waals surface area contributed by atoms with Crippen molar-refractivity contribution >= 4 is 22.6 Å². The van der Waals surface area contributed by atoms with Gasteiger partial charge < -0.3 is 11.1 Å². The summed E-state index contributed by atoms with van der Waals surface area (Å²) in [6.45, 7) is 0.351. The number of anilines is 1. The number of nitrogens with zero attached hydrogens (tertiary/aromatic N) is 3. The van der Waals surface area contributed by atoms with E-state index in [1.807, 2.05) is 24.3 Å². The third-order valence-corrected chi connectivity index (χ3v) is 3.37. The molecule has 3 aromatic rings. The van der Waals surface area contributed by atoms with Crippen LogP contribution in [0.3, 0.4) is 0 Å². The molecule has 0 fully saturated rings. The number of hydrogen-bond acceptors (Lipinski definition) is 4. The first kappa shape index (κ1) is 13.1. The van der Waals surface area contributed by atoms with Crippen molar-refractivity contribution in [1.29, 1.82) is 0 Å². The van der Waals surface area contributed by atoms with Gasteiger partial charge in [-0.3, -0.25) is 14.5 Å². The van der Waals surface area contributed by atoms with Crippen LogP contribution in [0, 0.1) is 0 Å². The maximum absolute atomic E-state index is 12.2. The summed E-state index contributed by atoms with van der Waals surface area (Å²) in [5, 5.41) is 7.82. The van der Waals surface area contributed by atoms with Gasteiger partial charge in [0.05, 0.1) is 11.7 Å². The lowest BCUT2D eigenvalue weighted by atomic mass is 10.1. The van der Waals surface area contributed by atoms with Crippen LogP contribution < -0.4 is 11.1 Å². The Hall–Kier alpha value is -2.89. The summed E-state index contributed by atoms with van der Waals surface area (Å²) in [6.07, 6.45) is 3.38. The Morgan fingerprint density at radius 1 is 1.38 bits per heavy atom. The molecule has 1 amide bonds. The number of pyridine rings is 1. The van der Waals surface area contributed by atoms with E-state index in [4.69, 9.17) is 5.73 Å². The molecule has 0 unspecified atom stereocenters. The number of aryl methyl sites for hydroxylation is 1. The van der Waals surface area contributed by atoms with Crippen LogP contribution in [0.4, 0.5) is 5.82 Å². The highest BCUT2D eigenvalue weighted by Crippen LogP contribution is 2.14. The van der Waals surface area contributed by atoms with Crippen molar-refractivity contribution in [3.05, 3.63) is 53.9 Å². The number of carbonyl (C=O) groups excluding carboxylic acids is 1. The highest BCUT2D eigenvalue weighted by molar-refractivity contribution is 5.97. The number of rotatable bonds is 3. The zero-order valence-corrected chi connectivity index (χ0v) is 11.6. The first-order valence-electron chi connectivity index (χ1n) is 6.54. The lowest BCUT2D eigenvalue weighted by Gasteiger charge is -2.06. The summed E-state index contributed by atoms with van der Waals surface area (Å²) in [7, 11) is 1.76. The first-order valence-corrected chi connectivity index (χ1v) is 6.54. The molecule has 0 radical (unpaired) electrons. The second kappa shape index (κ2) is 5.24. The fraction of sp³-hybridized carbons (Fsp3) is 0.133. The first-order chi connectivity index (χ1) is 10.1. The summed E-state index contributed by atoms with van der Waals surface area (Å²) in [5.74, 6) is 0.405. The Bertz CT molecular complexity index is 809. The van der Waals surface area contributed by atoms with Crippen LogP contribution in [0.2, 0.25) is 0 Å². The monoisotopic (exact) mass is 281 g/mol. The average Bonchev–Trinajstić information content (AvgIpc) is 2.84. The third-order valence-electron chi connectivity index (χ3n) is 3.37. The van der Waals surface area contributed by atoms with E-state index in [1.165, 1.54) is 0 Å². The SMILES string of the molecule is Cn1ncc(CNC(=O)c2ccc3ncccc3c2)c1N. The van der Waals surface area contributed by atoms with E-state index < -0.39 is 0 Å². The maximum Gasteiger partial charge on any atom is 0.251 e. The smallest absolute Gasteiger partial charge is 0.251 e. The fourth-order valence-corrected chi connectivity index (χ4v) is 2.12. The van der Waals surface area contributed by atoms with Gasteiger partial charge in [-0.05, 0) is 24.3 Å². The number of hydrogen-bond donors (Lipinski definition) is 2. The molecule has 6 heteroatoms. The molecule has 106 valence electrons. The van der Waals surface area contributed by atoms with Crippen LogP contribution >= 0.6 is 0 Å². The summed E-state index contributed by atoms with van der Waals surface area (Å²) in [6, 6.07) is 9.20. The van der Waals surface area contributed by atoms with Gasteiger partial charge >= 0.3 is 0 Å². The van der Waals surface area contributed by atoms with Crippen molar-refractivity contribution in [2.75, 3.05) is 5.73 Å². The zero-order valence-electron chi connectivity index (χ0n) is 11.6. The molecule has 0 aliphatic heterocycles. The number of benzene rings is 1. The number of nitrogens with two attached hydrogens (primary N) is 1. The van der Waals surface area contributed by atoms with Gasteiger partial charge in [0.25, 0.3) is 5.91 Å². The molecule has 0 saturated carbocycles. The van der Waals surface area contributed by atoms with Crippen molar-refractivity contribution in [2.24, 2.45) is 7.05 Å². The molecule has 1 aromatic carbocycles. The predicted octanol–water partition coefficient (Wildman–Crippen LogP) is 1.48. The summed E-state index contributed by atoms with van der Waals surface area (Å²) in [4.78, 5) is 16.4. The highest BCUT2D eigenvalue weighted by Gasteiger charge is 2.09. The molecule has 0 atom stereocenters. The Morgan fingerprint density at radius 2 is 2.24 bits per heavy atom. The van der Waals surface area contributed by atoms with Crippen LogP contribution in [0.25, 0.3) is 10.9 Å². The van der Waals surface area contributed by atoms with Gasteiger partial charge in [-0.15, -0.1) is 0 Å². The molecule has 0 bridgehead atoms. The molecular weight excluding hydrogens is 266 g/mol. The third kappa shape index (κ3) is 2.55. The number of nitrogens with one attached hydrogen (secondary N) is 1. The molecule has 2 aromatic heterocycles. The summed E-state index contributed by atoms with van der Waals surface area (Å²) in [5.41, 5.74) is 8.10. The van der Waals surface area contributed by atoms with Gasteiger partial charge in [0.2, 0.25) is 0 Å². The van der Waals surface area contributed by atoms with Crippen molar-refractivity contribution in [1.82, 2.24) is 20.1 Å². The van der Waals surface area contributed by atoms with Crippen molar-refractivity contribution < 1.29 is 4.79 Å². The minimum absolute atomic E-state index is 0.149. The van der Waals surface area contributed by atoms with Gasteiger partial charge in [0.15, 0.2) is 0 Å². The topological polar surface area (TPSA) is 85.8 Å². The van der Waals surface area contributed by atoms with E-state index in [2.05, 4.69) is 15.4 Å². The Morgan fingerprint density at radius 3 is 3.00 bits per heavy atom. The van der Waals surface area contributed by atoms with Crippen LogP contribution in [0.1, 0.15) is 15.9 Å². The number of nitrogen functional groups attached to an aromatic ring is 1. The Kier molecular flexibility index (Phi) is 3.27. The molecule has 21 heavy (non-hydrogen) atoms. The number of fused-ring (bicyclic) bond motifs is 1. The molecule has 6 nitrogen and oxygen atoms in total. The minimum atomic E-state index is -0.149. The highest BCUT2D eigenvalue weighted by atomic mass is 16.1. The molecule has 0 spiro atoms. The number of amides is 1. The molecule has 0 aliphatic carbocycles. The van der Waals surface area contributed by atoms with E-state index in [9.17, 15) is 4.79 Å². The molecule has 3 rings (SSSR count). The minimum Gasteiger partial charge on any atom is -0.384 e. The summed E-state index contributed by atoms with van der Waals surface area (Å²) < 4.78 is 1.57. The molecular formula is C15H15N5O. The molecule has 3 N–H and O–H groups in total. The van der Waals surface area contributed by atoms with Crippen LogP contribution in [0.15, 0.2) is 42.7 Å². The number of carbonyl (C=O) groups is 1. The van der Waals surface area contributed by atoms with Crippen molar-refractivity contribution in [3.8, 4) is 0 Å². The van der Waals surface area contributed by atoms with Crippen LogP contribution in [-0.4, -0.2) is 20.7 Å². The lowest BCUT2D eigenvalue weighted by molar-refractivity contribution is 0.0951. The van der Waals surface area contributed by atoms with Gasteiger partial charge in [0, 0.05) is 36.3 Å².